The quantitative estimate of drug-likeness (QED) is 0.589. The molecule has 4 rings (SSSR count). The van der Waals surface area contributed by atoms with Gasteiger partial charge in [-0.3, -0.25) is 4.90 Å². The lowest BCUT2D eigenvalue weighted by Crippen LogP contribution is -2.30. The van der Waals surface area contributed by atoms with E-state index in [1.807, 2.05) is 30.3 Å². The highest BCUT2D eigenvalue weighted by Gasteiger charge is 2.18. The second kappa shape index (κ2) is 8.47. The Labute approximate surface area is 173 Å². The summed E-state index contributed by atoms with van der Waals surface area (Å²) < 4.78 is 5.95. The summed E-state index contributed by atoms with van der Waals surface area (Å²) in [6.45, 7) is 4.74. The highest BCUT2D eigenvalue weighted by molar-refractivity contribution is 7.22. The molecular formula is C21H22ClN3O2S. The van der Waals surface area contributed by atoms with E-state index in [0.29, 0.717) is 5.56 Å². The number of anilines is 1. The average Bonchev–Trinajstić information content (AvgIpc) is 2.98. The molecule has 5 nitrogen and oxygen atoms in total. The largest absolute Gasteiger partial charge is 0.465 e. The zero-order chi connectivity index (χ0) is 19.5. The highest BCUT2D eigenvalue weighted by atomic mass is 35.5. The van der Waals surface area contributed by atoms with Crippen LogP contribution in [0.15, 0.2) is 42.5 Å². The maximum atomic E-state index is 11.8. The van der Waals surface area contributed by atoms with E-state index in [0.717, 1.165) is 65.1 Å². The first-order valence-electron chi connectivity index (χ1n) is 9.33. The van der Waals surface area contributed by atoms with E-state index in [2.05, 4.69) is 15.9 Å². The molecule has 1 aromatic heterocycles. The van der Waals surface area contributed by atoms with E-state index in [1.54, 1.807) is 17.4 Å². The summed E-state index contributed by atoms with van der Waals surface area (Å²) in [4.78, 5) is 21.3. The van der Waals surface area contributed by atoms with Gasteiger partial charge in [0.05, 0.1) is 22.9 Å². The first-order chi connectivity index (χ1) is 13.6. The fourth-order valence-electron chi connectivity index (χ4n) is 3.51. The first kappa shape index (κ1) is 19.2. The molecule has 0 bridgehead atoms. The number of thiazole rings is 1. The Kier molecular flexibility index (Phi) is 5.80. The summed E-state index contributed by atoms with van der Waals surface area (Å²) >= 11 is 7.81. The third-order valence-electron chi connectivity index (χ3n) is 4.95. The zero-order valence-corrected chi connectivity index (χ0v) is 17.3. The van der Waals surface area contributed by atoms with Crippen LogP contribution in [0.25, 0.3) is 10.2 Å². The Hall–Kier alpha value is -2.15. The molecule has 7 heteroatoms. The van der Waals surface area contributed by atoms with Crippen LogP contribution in [0.1, 0.15) is 22.3 Å². The molecule has 1 fully saturated rings. The van der Waals surface area contributed by atoms with Crippen molar-refractivity contribution < 1.29 is 9.53 Å². The number of halogens is 1. The van der Waals surface area contributed by atoms with Gasteiger partial charge in [0, 0.05) is 37.7 Å². The molecule has 1 aliphatic heterocycles. The smallest absolute Gasteiger partial charge is 0.337 e. The normalized spacial score (nSPS) is 15.6. The maximum absolute atomic E-state index is 11.8. The molecule has 1 aliphatic rings. The molecule has 0 atom stereocenters. The Morgan fingerprint density at radius 1 is 1.18 bits per heavy atom. The average molecular weight is 416 g/mol. The van der Waals surface area contributed by atoms with E-state index in [4.69, 9.17) is 21.3 Å². The van der Waals surface area contributed by atoms with Crippen molar-refractivity contribution in [1.29, 1.82) is 0 Å². The number of esters is 1. The number of aromatic nitrogens is 1. The molecule has 0 saturated carbocycles. The van der Waals surface area contributed by atoms with Crippen LogP contribution < -0.4 is 4.90 Å². The van der Waals surface area contributed by atoms with Crippen LogP contribution in [0, 0.1) is 0 Å². The van der Waals surface area contributed by atoms with Crippen LogP contribution in [0.3, 0.4) is 0 Å². The standard InChI is InChI=1S/C21H22ClN3O2S/c1-27-20(26)16-5-2-4-15(12-16)14-24-8-3-9-25(11-10-24)21-23-18-7-6-17(22)13-19(18)28-21/h2,4-7,12-13H,3,8-11,14H2,1H3. The fraction of sp³-hybridized carbons (Fsp3) is 0.333. The van der Waals surface area contributed by atoms with Crippen LogP contribution >= 0.6 is 22.9 Å². The van der Waals surface area contributed by atoms with Crippen molar-refractivity contribution in [3.8, 4) is 0 Å². The van der Waals surface area contributed by atoms with Gasteiger partial charge in [-0.05, 0) is 42.3 Å². The minimum absolute atomic E-state index is 0.292. The van der Waals surface area contributed by atoms with Crippen molar-refractivity contribution in [1.82, 2.24) is 9.88 Å². The number of rotatable bonds is 4. The Morgan fingerprint density at radius 2 is 2.07 bits per heavy atom. The summed E-state index contributed by atoms with van der Waals surface area (Å²) in [6, 6.07) is 13.5. The van der Waals surface area contributed by atoms with Crippen molar-refractivity contribution in [2.75, 3.05) is 38.2 Å². The number of benzene rings is 2. The second-order valence-corrected chi connectivity index (χ2v) is 8.36. The first-order valence-corrected chi connectivity index (χ1v) is 10.5. The third kappa shape index (κ3) is 4.29. The SMILES string of the molecule is COC(=O)c1cccc(CN2CCCN(c3nc4ccc(Cl)cc4s3)CC2)c1. The van der Waals surface area contributed by atoms with Crippen LogP contribution in [0.5, 0.6) is 0 Å². The third-order valence-corrected chi connectivity index (χ3v) is 6.27. The monoisotopic (exact) mass is 415 g/mol. The Bertz CT molecular complexity index is 991. The van der Waals surface area contributed by atoms with Gasteiger partial charge in [0.1, 0.15) is 0 Å². The number of carbonyl (C=O) groups excluding carboxylic acids is 1. The van der Waals surface area contributed by atoms with Crippen LogP contribution in [-0.2, 0) is 11.3 Å². The summed E-state index contributed by atoms with van der Waals surface area (Å²) in [5, 5.41) is 1.81. The minimum atomic E-state index is -0.292. The van der Waals surface area contributed by atoms with Gasteiger partial charge in [-0.15, -0.1) is 0 Å². The minimum Gasteiger partial charge on any atom is -0.465 e. The summed E-state index contributed by atoms with van der Waals surface area (Å²) in [5.41, 5.74) is 2.74. The number of hydrogen-bond acceptors (Lipinski definition) is 6. The van der Waals surface area contributed by atoms with Gasteiger partial charge in [-0.2, -0.15) is 0 Å². The van der Waals surface area contributed by atoms with Crippen molar-refractivity contribution in [2.45, 2.75) is 13.0 Å². The summed E-state index contributed by atoms with van der Waals surface area (Å²) in [5.74, 6) is -0.292. The molecule has 28 heavy (non-hydrogen) atoms. The molecule has 1 saturated heterocycles. The van der Waals surface area contributed by atoms with E-state index in [-0.39, 0.29) is 5.97 Å². The predicted octanol–water partition coefficient (Wildman–Crippen LogP) is 4.45. The van der Waals surface area contributed by atoms with E-state index < -0.39 is 0 Å². The molecule has 2 heterocycles. The summed E-state index contributed by atoms with van der Waals surface area (Å²) in [7, 11) is 1.41. The molecule has 2 aromatic carbocycles. The summed E-state index contributed by atoms with van der Waals surface area (Å²) in [6.07, 6.45) is 1.08. The molecule has 0 radical (unpaired) electrons. The second-order valence-electron chi connectivity index (χ2n) is 6.92. The van der Waals surface area contributed by atoms with Crippen molar-refractivity contribution in [3.05, 3.63) is 58.6 Å². The van der Waals surface area contributed by atoms with Crippen molar-refractivity contribution in [3.63, 3.8) is 0 Å². The molecule has 0 unspecified atom stereocenters. The van der Waals surface area contributed by atoms with Crippen LogP contribution in [0.4, 0.5) is 5.13 Å². The number of nitrogens with zero attached hydrogens (tertiary/aromatic N) is 3. The predicted molar refractivity (Wildman–Crippen MR) is 115 cm³/mol. The van der Waals surface area contributed by atoms with E-state index >= 15 is 0 Å². The molecular weight excluding hydrogens is 394 g/mol. The highest BCUT2D eigenvalue weighted by Crippen LogP contribution is 2.31. The number of ether oxygens (including phenoxy) is 1. The lowest BCUT2D eigenvalue weighted by Gasteiger charge is -2.21. The van der Waals surface area contributed by atoms with Gasteiger partial charge in [-0.1, -0.05) is 35.1 Å². The van der Waals surface area contributed by atoms with Gasteiger partial charge in [0.15, 0.2) is 5.13 Å². The topological polar surface area (TPSA) is 45.7 Å². The van der Waals surface area contributed by atoms with Gasteiger partial charge in [0.2, 0.25) is 0 Å². The lowest BCUT2D eigenvalue weighted by molar-refractivity contribution is 0.0600. The molecule has 0 amide bonds. The van der Waals surface area contributed by atoms with Crippen LogP contribution in [-0.4, -0.2) is 49.1 Å². The van der Waals surface area contributed by atoms with Gasteiger partial charge in [0.25, 0.3) is 0 Å². The molecule has 146 valence electrons. The number of fused-ring (bicyclic) bond motifs is 1. The van der Waals surface area contributed by atoms with Crippen molar-refractivity contribution >= 4 is 44.3 Å². The van der Waals surface area contributed by atoms with Gasteiger partial charge in [-0.25, -0.2) is 9.78 Å². The molecule has 0 spiro atoms. The van der Waals surface area contributed by atoms with Gasteiger partial charge < -0.3 is 9.64 Å². The van der Waals surface area contributed by atoms with Crippen molar-refractivity contribution in [2.24, 2.45) is 0 Å². The van der Waals surface area contributed by atoms with E-state index in [9.17, 15) is 4.79 Å². The molecule has 0 aliphatic carbocycles. The number of hydrogen-bond donors (Lipinski definition) is 0. The Balaban J connectivity index is 1.42. The Morgan fingerprint density at radius 3 is 2.93 bits per heavy atom. The molecule has 0 N–H and O–H groups in total. The fourth-order valence-corrected chi connectivity index (χ4v) is 4.81. The van der Waals surface area contributed by atoms with Gasteiger partial charge >= 0.3 is 5.97 Å². The number of carbonyl (C=O) groups is 1. The number of methoxy groups -OCH3 is 1. The van der Waals surface area contributed by atoms with Crippen LogP contribution in [0.2, 0.25) is 5.02 Å². The van der Waals surface area contributed by atoms with E-state index in [1.165, 1.54) is 7.11 Å². The molecule has 3 aromatic rings. The zero-order valence-electron chi connectivity index (χ0n) is 15.7. The lowest BCUT2D eigenvalue weighted by atomic mass is 10.1. The maximum Gasteiger partial charge on any atom is 0.337 e.